The molecule has 0 bridgehead atoms. The predicted molar refractivity (Wildman–Crippen MR) is 113 cm³/mol. The highest BCUT2D eigenvalue weighted by molar-refractivity contribution is 6.30. The molecule has 154 valence electrons. The van der Waals surface area contributed by atoms with Crippen LogP contribution in [0.3, 0.4) is 0 Å². The van der Waals surface area contributed by atoms with Crippen LogP contribution in [0.25, 0.3) is 0 Å². The van der Waals surface area contributed by atoms with Crippen LogP contribution in [0.5, 0.6) is 0 Å². The molecule has 1 atom stereocenters. The zero-order chi connectivity index (χ0) is 21.4. The van der Waals surface area contributed by atoms with Gasteiger partial charge in [-0.05, 0) is 48.4 Å². The lowest BCUT2D eigenvalue weighted by Crippen LogP contribution is -2.47. The number of nitrogens with one attached hydrogen (secondary N) is 3. The third-order valence-electron chi connectivity index (χ3n) is 4.03. The maximum absolute atomic E-state index is 12.8. The number of hydrogen-bond donors (Lipinski definition) is 3. The Morgan fingerprint density at radius 2 is 1.62 bits per heavy atom. The number of hydrogen-bond acceptors (Lipinski definition) is 4. The summed E-state index contributed by atoms with van der Waals surface area (Å²) in [6, 6.07) is 12.4. The van der Waals surface area contributed by atoms with Gasteiger partial charge in [0.1, 0.15) is 12.6 Å². The van der Waals surface area contributed by atoms with E-state index in [1.807, 2.05) is 13.8 Å². The molecule has 29 heavy (non-hydrogen) atoms. The van der Waals surface area contributed by atoms with Gasteiger partial charge in [0.15, 0.2) is 0 Å². The zero-order valence-electron chi connectivity index (χ0n) is 16.5. The van der Waals surface area contributed by atoms with E-state index in [4.69, 9.17) is 16.3 Å². The van der Waals surface area contributed by atoms with Gasteiger partial charge in [-0.1, -0.05) is 31.5 Å². The Labute approximate surface area is 174 Å². The van der Waals surface area contributed by atoms with Crippen molar-refractivity contribution in [3.8, 4) is 0 Å². The smallest absolute Gasteiger partial charge is 0.251 e. The largest absolute Gasteiger partial charge is 0.375 e. The van der Waals surface area contributed by atoms with E-state index >= 15 is 0 Å². The Morgan fingerprint density at radius 3 is 2.21 bits per heavy atom. The van der Waals surface area contributed by atoms with Gasteiger partial charge in [-0.15, -0.1) is 0 Å². The maximum atomic E-state index is 12.8. The molecule has 0 saturated carbocycles. The van der Waals surface area contributed by atoms with Gasteiger partial charge in [0.05, 0.1) is 0 Å². The van der Waals surface area contributed by atoms with Crippen molar-refractivity contribution >= 4 is 40.7 Å². The molecule has 0 fully saturated rings. The average Bonchev–Trinajstić information content (AvgIpc) is 2.66. The average molecular weight is 418 g/mol. The zero-order valence-corrected chi connectivity index (χ0v) is 17.2. The Hall–Kier alpha value is -2.90. The molecule has 0 aliphatic rings. The first kappa shape index (κ1) is 22.4. The van der Waals surface area contributed by atoms with Crippen LogP contribution < -0.4 is 16.0 Å². The summed E-state index contributed by atoms with van der Waals surface area (Å²) in [6.45, 7) is 3.62. The SMILES string of the molecule is COCC(=O)Nc1cccc(NC(=O)C(NC(=O)c2ccc(Cl)cc2)C(C)C)c1. The second kappa shape index (κ2) is 10.6. The van der Waals surface area contributed by atoms with E-state index in [2.05, 4.69) is 16.0 Å². The van der Waals surface area contributed by atoms with Gasteiger partial charge in [0.25, 0.3) is 5.91 Å². The molecular formula is C21H24ClN3O4. The minimum atomic E-state index is -0.745. The highest BCUT2D eigenvalue weighted by atomic mass is 35.5. The highest BCUT2D eigenvalue weighted by Crippen LogP contribution is 2.17. The molecule has 2 aromatic carbocycles. The second-order valence-electron chi connectivity index (χ2n) is 6.75. The van der Waals surface area contributed by atoms with E-state index in [9.17, 15) is 14.4 Å². The molecule has 2 rings (SSSR count). The van der Waals surface area contributed by atoms with E-state index in [1.165, 1.54) is 7.11 Å². The molecule has 2 aromatic rings. The van der Waals surface area contributed by atoms with Crippen LogP contribution in [0.2, 0.25) is 5.02 Å². The van der Waals surface area contributed by atoms with Crippen LogP contribution in [-0.4, -0.2) is 37.5 Å². The summed E-state index contributed by atoms with van der Waals surface area (Å²) in [5.74, 6) is -1.17. The lowest BCUT2D eigenvalue weighted by molar-refractivity contribution is -0.120. The summed E-state index contributed by atoms with van der Waals surface area (Å²) in [5.41, 5.74) is 1.43. The van der Waals surface area contributed by atoms with E-state index in [-0.39, 0.29) is 30.2 Å². The molecule has 0 heterocycles. The molecule has 0 saturated heterocycles. The quantitative estimate of drug-likeness (QED) is 0.613. The van der Waals surface area contributed by atoms with Crippen molar-refractivity contribution in [2.75, 3.05) is 24.4 Å². The lowest BCUT2D eigenvalue weighted by Gasteiger charge is -2.22. The Kier molecular flexibility index (Phi) is 8.18. The molecular weight excluding hydrogens is 394 g/mol. The highest BCUT2D eigenvalue weighted by Gasteiger charge is 2.25. The van der Waals surface area contributed by atoms with Crippen molar-refractivity contribution in [2.24, 2.45) is 5.92 Å². The van der Waals surface area contributed by atoms with Crippen molar-refractivity contribution in [3.05, 3.63) is 59.1 Å². The Bertz CT molecular complexity index is 868. The minimum absolute atomic E-state index is 0.0667. The molecule has 0 spiro atoms. The van der Waals surface area contributed by atoms with E-state index < -0.39 is 6.04 Å². The summed E-state index contributed by atoms with van der Waals surface area (Å²) in [7, 11) is 1.43. The van der Waals surface area contributed by atoms with Gasteiger partial charge in [-0.2, -0.15) is 0 Å². The summed E-state index contributed by atoms with van der Waals surface area (Å²) < 4.78 is 4.78. The summed E-state index contributed by atoms with van der Waals surface area (Å²) in [6.07, 6.45) is 0. The summed E-state index contributed by atoms with van der Waals surface area (Å²) >= 11 is 5.85. The normalized spacial score (nSPS) is 11.6. The molecule has 7 nitrogen and oxygen atoms in total. The first-order valence-corrected chi connectivity index (χ1v) is 9.44. The number of halogens is 1. The first-order chi connectivity index (χ1) is 13.8. The van der Waals surface area contributed by atoms with E-state index in [0.717, 1.165) is 0 Å². The first-order valence-electron chi connectivity index (χ1n) is 9.06. The van der Waals surface area contributed by atoms with Gasteiger partial charge >= 0.3 is 0 Å². The van der Waals surface area contributed by atoms with E-state index in [0.29, 0.717) is 22.0 Å². The number of carbonyl (C=O) groups excluding carboxylic acids is 3. The number of anilines is 2. The van der Waals surface area contributed by atoms with Crippen molar-refractivity contribution in [1.29, 1.82) is 0 Å². The predicted octanol–water partition coefficient (Wildman–Crippen LogP) is 3.32. The molecule has 1 unspecified atom stereocenters. The maximum Gasteiger partial charge on any atom is 0.251 e. The second-order valence-corrected chi connectivity index (χ2v) is 7.19. The van der Waals surface area contributed by atoms with Crippen LogP contribution >= 0.6 is 11.6 Å². The number of benzene rings is 2. The Morgan fingerprint density at radius 1 is 1.00 bits per heavy atom. The molecule has 0 aliphatic carbocycles. The number of amides is 3. The van der Waals surface area contributed by atoms with Crippen LogP contribution in [0.4, 0.5) is 11.4 Å². The molecule has 0 aromatic heterocycles. The van der Waals surface area contributed by atoms with Gasteiger partial charge in [0.2, 0.25) is 11.8 Å². The van der Waals surface area contributed by atoms with Crippen LogP contribution in [-0.2, 0) is 14.3 Å². The van der Waals surface area contributed by atoms with Gasteiger partial charge in [-0.3, -0.25) is 14.4 Å². The third-order valence-corrected chi connectivity index (χ3v) is 4.28. The summed E-state index contributed by atoms with van der Waals surface area (Å²) in [4.78, 5) is 36.9. The van der Waals surface area contributed by atoms with Crippen LogP contribution in [0.15, 0.2) is 48.5 Å². The summed E-state index contributed by atoms with van der Waals surface area (Å²) in [5, 5.41) is 8.73. The molecule has 0 radical (unpaired) electrons. The minimum Gasteiger partial charge on any atom is -0.375 e. The molecule has 3 amide bonds. The van der Waals surface area contributed by atoms with Crippen molar-refractivity contribution < 1.29 is 19.1 Å². The van der Waals surface area contributed by atoms with Crippen LogP contribution in [0.1, 0.15) is 24.2 Å². The fraction of sp³-hybridized carbons (Fsp3) is 0.286. The lowest BCUT2D eigenvalue weighted by atomic mass is 10.0. The molecule has 8 heteroatoms. The standard InChI is InChI=1S/C21H24ClN3O4/c1-13(2)19(25-20(27)14-7-9-15(22)10-8-14)21(28)24-17-6-4-5-16(11-17)23-18(26)12-29-3/h4-11,13,19H,12H2,1-3H3,(H,23,26)(H,24,28)(H,25,27). The number of ether oxygens (including phenoxy) is 1. The van der Waals surface area contributed by atoms with Gasteiger partial charge < -0.3 is 20.7 Å². The molecule has 0 aliphatic heterocycles. The van der Waals surface area contributed by atoms with Crippen molar-refractivity contribution in [3.63, 3.8) is 0 Å². The fourth-order valence-electron chi connectivity index (χ4n) is 2.58. The van der Waals surface area contributed by atoms with Crippen LogP contribution in [0, 0.1) is 5.92 Å². The third kappa shape index (κ3) is 6.89. The van der Waals surface area contributed by atoms with Crippen molar-refractivity contribution in [1.82, 2.24) is 5.32 Å². The van der Waals surface area contributed by atoms with Crippen molar-refractivity contribution in [2.45, 2.75) is 19.9 Å². The van der Waals surface area contributed by atoms with E-state index in [1.54, 1.807) is 48.5 Å². The number of carbonyl (C=O) groups is 3. The monoisotopic (exact) mass is 417 g/mol. The number of methoxy groups -OCH3 is 1. The van der Waals surface area contributed by atoms with Gasteiger partial charge in [0, 0.05) is 29.1 Å². The van der Waals surface area contributed by atoms with Gasteiger partial charge in [-0.25, -0.2) is 0 Å². The topological polar surface area (TPSA) is 96.5 Å². The fourth-order valence-corrected chi connectivity index (χ4v) is 2.71. The number of rotatable bonds is 8. The molecule has 3 N–H and O–H groups in total. The Balaban J connectivity index is 2.06.